The van der Waals surface area contributed by atoms with Crippen LogP contribution in [0.1, 0.15) is 24.8 Å². The lowest BCUT2D eigenvalue weighted by atomic mass is 9.87. The topological polar surface area (TPSA) is 71.3 Å². The zero-order valence-electron chi connectivity index (χ0n) is 15.7. The molecule has 1 amide bonds. The van der Waals surface area contributed by atoms with E-state index in [-0.39, 0.29) is 18.2 Å². The molecule has 144 valence electrons. The summed E-state index contributed by atoms with van der Waals surface area (Å²) in [6.45, 7) is 3.02. The predicted octanol–water partition coefficient (Wildman–Crippen LogP) is 4.24. The molecule has 1 N–H and O–H groups in total. The Bertz CT molecular complexity index is 873. The highest BCUT2D eigenvalue weighted by Gasteiger charge is 2.29. The van der Waals surface area contributed by atoms with Gasteiger partial charge in [0.15, 0.2) is 0 Å². The monoisotopic (exact) mass is 394 g/mol. The van der Waals surface area contributed by atoms with Gasteiger partial charge in [-0.1, -0.05) is 30.3 Å². The molecule has 0 unspecified atom stereocenters. The van der Waals surface area contributed by atoms with Crippen molar-refractivity contribution < 1.29 is 14.3 Å². The first-order chi connectivity index (χ1) is 13.7. The van der Waals surface area contributed by atoms with Crippen molar-refractivity contribution in [3.05, 3.63) is 70.8 Å². The van der Waals surface area contributed by atoms with Crippen molar-refractivity contribution in [2.24, 2.45) is 0 Å². The van der Waals surface area contributed by atoms with E-state index in [1.54, 1.807) is 0 Å². The van der Waals surface area contributed by atoms with Crippen molar-refractivity contribution in [2.75, 3.05) is 19.0 Å². The third-order valence-electron chi connectivity index (χ3n) is 4.29. The molecule has 0 bridgehead atoms. The zero-order valence-corrected chi connectivity index (χ0v) is 16.5. The molecule has 0 saturated heterocycles. The number of nitriles is 1. The molecule has 1 aliphatic heterocycles. The van der Waals surface area contributed by atoms with E-state index in [9.17, 15) is 10.1 Å². The summed E-state index contributed by atoms with van der Waals surface area (Å²) in [5.41, 5.74) is 1.53. The minimum absolute atomic E-state index is 0.0793. The first kappa shape index (κ1) is 19.8. The van der Waals surface area contributed by atoms with Gasteiger partial charge in [0.2, 0.25) is 5.91 Å². The van der Waals surface area contributed by atoms with Crippen LogP contribution in [0.25, 0.3) is 0 Å². The summed E-state index contributed by atoms with van der Waals surface area (Å²) in [4.78, 5) is 12.2. The van der Waals surface area contributed by atoms with Crippen molar-refractivity contribution in [2.45, 2.75) is 19.3 Å². The maximum atomic E-state index is 12.2. The molecule has 0 spiro atoms. The lowest BCUT2D eigenvalue weighted by molar-refractivity contribution is -0.120. The number of hydrogen-bond donors (Lipinski definition) is 1. The molecule has 0 fully saturated rings. The van der Waals surface area contributed by atoms with Crippen LogP contribution in [0.5, 0.6) is 11.5 Å². The second-order valence-electron chi connectivity index (χ2n) is 6.17. The highest BCUT2D eigenvalue weighted by Crippen LogP contribution is 2.36. The number of nitrogens with one attached hydrogen (secondary N) is 1. The summed E-state index contributed by atoms with van der Waals surface area (Å²) >= 11 is 1.44. The Morgan fingerprint density at radius 2 is 1.82 bits per heavy atom. The van der Waals surface area contributed by atoms with Gasteiger partial charge in [-0.05, 0) is 36.8 Å². The maximum Gasteiger partial charge on any atom is 0.225 e. The fourth-order valence-corrected chi connectivity index (χ4v) is 3.90. The summed E-state index contributed by atoms with van der Waals surface area (Å²) in [5.74, 6) is 1.89. The molecule has 2 aromatic carbocycles. The molecule has 0 aliphatic carbocycles. The van der Waals surface area contributed by atoms with Gasteiger partial charge >= 0.3 is 0 Å². The number of benzene rings is 2. The van der Waals surface area contributed by atoms with Crippen LogP contribution in [0.4, 0.5) is 0 Å². The van der Waals surface area contributed by atoms with Crippen LogP contribution >= 0.6 is 11.8 Å². The van der Waals surface area contributed by atoms with Gasteiger partial charge in [0.05, 0.1) is 29.9 Å². The Kier molecular flexibility index (Phi) is 6.99. The van der Waals surface area contributed by atoms with Gasteiger partial charge in [-0.25, -0.2) is 0 Å². The molecule has 3 rings (SSSR count). The average molecular weight is 394 g/mol. The smallest absolute Gasteiger partial charge is 0.225 e. The fourth-order valence-electron chi connectivity index (χ4n) is 3.00. The molecule has 1 aliphatic rings. The molecule has 0 saturated carbocycles. The van der Waals surface area contributed by atoms with E-state index in [4.69, 9.17) is 9.47 Å². The fraction of sp³-hybridized carbons (Fsp3) is 0.273. The Morgan fingerprint density at radius 3 is 2.50 bits per heavy atom. The standard InChI is InChI=1S/C22H22N2O3S/c1-2-26-18-10-8-16(9-11-18)19-14-21(25)24-22(20(19)15-23)28-13-12-27-17-6-4-3-5-7-17/h3-11,19H,2,12-14H2,1H3,(H,24,25)/t19-/m0/s1. The Balaban J connectivity index is 1.69. The number of thioether (sulfide) groups is 1. The quantitative estimate of drug-likeness (QED) is 0.678. The van der Waals surface area contributed by atoms with Crippen LogP contribution in [0.2, 0.25) is 0 Å². The van der Waals surface area contributed by atoms with Crippen LogP contribution in [0.3, 0.4) is 0 Å². The number of rotatable bonds is 8. The summed E-state index contributed by atoms with van der Waals surface area (Å²) in [5, 5.41) is 13.2. The van der Waals surface area contributed by atoms with E-state index >= 15 is 0 Å². The van der Waals surface area contributed by atoms with Crippen LogP contribution < -0.4 is 14.8 Å². The van der Waals surface area contributed by atoms with Crippen LogP contribution in [-0.4, -0.2) is 24.9 Å². The summed E-state index contributed by atoms with van der Waals surface area (Å²) < 4.78 is 11.2. The third kappa shape index (κ3) is 5.08. The van der Waals surface area contributed by atoms with Crippen molar-refractivity contribution in [3.63, 3.8) is 0 Å². The van der Waals surface area contributed by atoms with E-state index in [0.717, 1.165) is 17.1 Å². The van der Waals surface area contributed by atoms with Gasteiger partial charge in [0.25, 0.3) is 0 Å². The minimum atomic E-state index is -0.244. The molecule has 5 nitrogen and oxygen atoms in total. The number of carbonyl (C=O) groups is 1. The van der Waals surface area contributed by atoms with Gasteiger partial charge in [-0.15, -0.1) is 11.8 Å². The highest BCUT2D eigenvalue weighted by atomic mass is 32.2. The Morgan fingerprint density at radius 1 is 1.11 bits per heavy atom. The minimum Gasteiger partial charge on any atom is -0.494 e. The highest BCUT2D eigenvalue weighted by molar-refractivity contribution is 8.03. The largest absolute Gasteiger partial charge is 0.494 e. The van der Waals surface area contributed by atoms with E-state index < -0.39 is 0 Å². The lowest BCUT2D eigenvalue weighted by Gasteiger charge is -2.25. The van der Waals surface area contributed by atoms with Crippen molar-refractivity contribution in [1.29, 1.82) is 5.26 Å². The van der Waals surface area contributed by atoms with Crippen LogP contribution in [0.15, 0.2) is 65.2 Å². The molecule has 2 aromatic rings. The van der Waals surface area contributed by atoms with E-state index in [1.807, 2.05) is 61.5 Å². The normalized spacial score (nSPS) is 16.3. The van der Waals surface area contributed by atoms with E-state index in [2.05, 4.69) is 11.4 Å². The van der Waals surface area contributed by atoms with E-state index in [0.29, 0.717) is 29.6 Å². The van der Waals surface area contributed by atoms with Crippen molar-refractivity contribution in [3.8, 4) is 17.6 Å². The van der Waals surface area contributed by atoms with Crippen molar-refractivity contribution >= 4 is 17.7 Å². The van der Waals surface area contributed by atoms with Gasteiger partial charge in [0, 0.05) is 18.1 Å². The lowest BCUT2D eigenvalue weighted by Crippen LogP contribution is -2.31. The number of hydrogen-bond acceptors (Lipinski definition) is 5. The second-order valence-corrected chi connectivity index (χ2v) is 7.28. The number of allylic oxidation sites excluding steroid dienone is 1. The number of ether oxygens (including phenoxy) is 2. The average Bonchev–Trinajstić information content (AvgIpc) is 2.72. The van der Waals surface area contributed by atoms with Gasteiger partial charge in [-0.2, -0.15) is 5.26 Å². The number of carbonyl (C=O) groups excluding carboxylic acids is 1. The second kappa shape index (κ2) is 9.86. The summed E-state index contributed by atoms with van der Waals surface area (Å²) in [7, 11) is 0. The van der Waals surface area contributed by atoms with Crippen LogP contribution in [0, 0.1) is 11.3 Å². The maximum absolute atomic E-state index is 12.2. The SMILES string of the molecule is CCOc1ccc([C@@H]2CC(=O)NC(SCCOc3ccccc3)=C2C#N)cc1. The number of nitrogens with zero attached hydrogens (tertiary/aromatic N) is 1. The predicted molar refractivity (Wildman–Crippen MR) is 110 cm³/mol. The van der Waals surface area contributed by atoms with E-state index in [1.165, 1.54) is 11.8 Å². The third-order valence-corrected chi connectivity index (χ3v) is 5.27. The zero-order chi connectivity index (χ0) is 19.8. The van der Waals surface area contributed by atoms with Gasteiger partial charge < -0.3 is 14.8 Å². The molecule has 1 heterocycles. The van der Waals surface area contributed by atoms with Crippen molar-refractivity contribution in [1.82, 2.24) is 5.32 Å². The van der Waals surface area contributed by atoms with Gasteiger partial charge in [0.1, 0.15) is 11.5 Å². The Hall–Kier alpha value is -2.91. The Labute approximate surface area is 169 Å². The first-order valence-corrected chi connectivity index (χ1v) is 10.2. The molecular weight excluding hydrogens is 372 g/mol. The summed E-state index contributed by atoms with van der Waals surface area (Å²) in [6, 6.07) is 19.5. The molecule has 6 heteroatoms. The summed E-state index contributed by atoms with van der Waals surface area (Å²) in [6.07, 6.45) is 0.265. The molecule has 0 radical (unpaired) electrons. The number of amides is 1. The first-order valence-electron chi connectivity index (χ1n) is 9.18. The molecule has 1 atom stereocenters. The van der Waals surface area contributed by atoms with Crippen LogP contribution in [-0.2, 0) is 4.79 Å². The molecular formula is C22H22N2O3S. The number of para-hydroxylation sites is 1. The molecule has 0 aromatic heterocycles. The van der Waals surface area contributed by atoms with Gasteiger partial charge in [-0.3, -0.25) is 4.79 Å². The molecule has 28 heavy (non-hydrogen) atoms.